The summed E-state index contributed by atoms with van der Waals surface area (Å²) in [6, 6.07) is 20.5. The number of amides is 1. The fourth-order valence-corrected chi connectivity index (χ4v) is 3.45. The highest BCUT2D eigenvalue weighted by atomic mass is 16.3. The molecule has 1 aliphatic carbocycles. The van der Waals surface area contributed by atoms with Gasteiger partial charge >= 0.3 is 0 Å². The van der Waals surface area contributed by atoms with Crippen LogP contribution in [0.4, 0.5) is 0 Å². The number of hydrogen-bond donors (Lipinski definition) is 2. The van der Waals surface area contributed by atoms with Crippen LogP contribution < -0.4 is 5.32 Å². The average molecular weight is 367 g/mol. The van der Waals surface area contributed by atoms with Crippen LogP contribution in [0.2, 0.25) is 0 Å². The highest BCUT2D eigenvalue weighted by Crippen LogP contribution is 2.22. The quantitative estimate of drug-likeness (QED) is 0.677. The van der Waals surface area contributed by atoms with E-state index < -0.39 is 6.10 Å². The Morgan fingerprint density at radius 1 is 1.04 bits per heavy atom. The average Bonchev–Trinajstić information content (AvgIpc) is 3.51. The van der Waals surface area contributed by atoms with Crippen molar-refractivity contribution in [2.75, 3.05) is 0 Å². The van der Waals surface area contributed by atoms with Crippen molar-refractivity contribution in [3.05, 3.63) is 71.8 Å². The zero-order chi connectivity index (χ0) is 19.1. The van der Waals surface area contributed by atoms with Gasteiger partial charge in [0.25, 0.3) is 5.91 Å². The number of hydrogen-bond acceptors (Lipinski definition) is 3. The summed E-state index contributed by atoms with van der Waals surface area (Å²) in [7, 11) is 0. The highest BCUT2D eigenvalue weighted by molar-refractivity contribution is 5.81. The minimum atomic E-state index is -1.02. The van der Waals surface area contributed by atoms with Gasteiger partial charge < -0.3 is 10.4 Å². The molecule has 0 radical (unpaired) electrons. The van der Waals surface area contributed by atoms with Gasteiger partial charge in [0.15, 0.2) is 0 Å². The summed E-state index contributed by atoms with van der Waals surface area (Å²) in [5, 5.41) is 13.8. The van der Waals surface area contributed by atoms with Crippen LogP contribution in [0.15, 0.2) is 60.7 Å². The molecule has 0 saturated heterocycles. The molecule has 0 bridgehead atoms. The number of nitrogens with zero attached hydrogens (tertiary/aromatic N) is 1. The Morgan fingerprint density at radius 3 is 2.00 bits per heavy atom. The third kappa shape index (κ3) is 5.91. The van der Waals surface area contributed by atoms with Gasteiger partial charge in [-0.15, -0.1) is 0 Å². The standard InChI is InChI=1S/C23H30N2O2/c1-2-9-21(22(26)23(27)24-20-14-15-20)25(16-18-10-5-3-6-11-18)17-19-12-7-4-8-13-19/h3-8,10-13,20-22,26H,2,9,14-17H2,1H3,(H,24,27). The predicted octanol–water partition coefficient (Wildman–Crippen LogP) is 3.50. The molecule has 1 aliphatic rings. The number of carbonyl (C=O) groups is 1. The Hall–Kier alpha value is -2.17. The zero-order valence-electron chi connectivity index (χ0n) is 16.1. The summed E-state index contributed by atoms with van der Waals surface area (Å²) < 4.78 is 0. The lowest BCUT2D eigenvalue weighted by atomic mass is 10.0. The number of benzene rings is 2. The number of carbonyl (C=O) groups excluding carboxylic acids is 1. The molecule has 144 valence electrons. The summed E-state index contributed by atoms with van der Waals surface area (Å²) in [5.41, 5.74) is 2.37. The van der Waals surface area contributed by atoms with Crippen LogP contribution in [-0.2, 0) is 17.9 Å². The largest absolute Gasteiger partial charge is 0.382 e. The van der Waals surface area contributed by atoms with Gasteiger partial charge in [-0.2, -0.15) is 0 Å². The minimum Gasteiger partial charge on any atom is -0.382 e. The molecule has 2 unspecified atom stereocenters. The van der Waals surface area contributed by atoms with Gasteiger partial charge in [0.05, 0.1) is 0 Å². The van der Waals surface area contributed by atoms with Crippen molar-refractivity contribution >= 4 is 5.91 Å². The molecular weight excluding hydrogens is 336 g/mol. The van der Waals surface area contributed by atoms with Crippen LogP contribution in [0.25, 0.3) is 0 Å². The summed E-state index contributed by atoms with van der Waals surface area (Å²) in [6.45, 7) is 3.50. The van der Waals surface area contributed by atoms with E-state index in [1.54, 1.807) is 0 Å². The van der Waals surface area contributed by atoms with E-state index in [-0.39, 0.29) is 18.0 Å². The van der Waals surface area contributed by atoms with Crippen molar-refractivity contribution in [2.45, 2.75) is 63.9 Å². The molecule has 0 heterocycles. The molecule has 2 N–H and O–H groups in total. The van der Waals surface area contributed by atoms with Crippen molar-refractivity contribution in [1.82, 2.24) is 10.2 Å². The Balaban J connectivity index is 1.80. The molecule has 2 aromatic carbocycles. The third-order valence-electron chi connectivity index (χ3n) is 5.07. The maximum atomic E-state index is 12.5. The lowest BCUT2D eigenvalue weighted by Gasteiger charge is -2.34. The Labute approximate surface area is 162 Å². The van der Waals surface area contributed by atoms with E-state index in [4.69, 9.17) is 0 Å². The molecule has 0 aliphatic heterocycles. The molecule has 4 heteroatoms. The SMILES string of the molecule is CCCC(C(O)C(=O)NC1CC1)N(Cc1ccccc1)Cc1ccccc1. The lowest BCUT2D eigenvalue weighted by molar-refractivity contribution is -0.133. The lowest BCUT2D eigenvalue weighted by Crippen LogP contribution is -2.50. The van der Waals surface area contributed by atoms with Crippen molar-refractivity contribution in [2.24, 2.45) is 0 Å². The maximum Gasteiger partial charge on any atom is 0.250 e. The molecule has 27 heavy (non-hydrogen) atoms. The van der Waals surface area contributed by atoms with Crippen LogP contribution >= 0.6 is 0 Å². The second-order valence-electron chi connectivity index (χ2n) is 7.46. The normalized spacial score (nSPS) is 16.1. The van der Waals surface area contributed by atoms with Crippen LogP contribution in [0.5, 0.6) is 0 Å². The van der Waals surface area contributed by atoms with Crippen molar-refractivity contribution in [1.29, 1.82) is 0 Å². The van der Waals surface area contributed by atoms with Crippen molar-refractivity contribution < 1.29 is 9.90 Å². The number of aliphatic hydroxyl groups excluding tert-OH is 1. The van der Waals surface area contributed by atoms with Gasteiger partial charge in [0.1, 0.15) is 6.10 Å². The second-order valence-corrected chi connectivity index (χ2v) is 7.46. The Kier molecular flexibility index (Phi) is 7.02. The van der Waals surface area contributed by atoms with Gasteiger partial charge in [-0.1, -0.05) is 74.0 Å². The van der Waals surface area contributed by atoms with Crippen LogP contribution in [0.1, 0.15) is 43.7 Å². The number of rotatable bonds is 10. The molecule has 1 amide bonds. The van der Waals surface area contributed by atoms with E-state index in [1.165, 1.54) is 11.1 Å². The molecule has 0 aromatic heterocycles. The maximum absolute atomic E-state index is 12.5. The first-order valence-corrected chi connectivity index (χ1v) is 9.97. The van der Waals surface area contributed by atoms with E-state index in [0.717, 1.165) is 25.7 Å². The van der Waals surface area contributed by atoms with Gasteiger partial charge in [-0.25, -0.2) is 0 Å². The van der Waals surface area contributed by atoms with Gasteiger partial charge in [0, 0.05) is 25.2 Å². The number of aliphatic hydroxyl groups is 1. The van der Waals surface area contributed by atoms with Gasteiger partial charge in [-0.05, 0) is 30.4 Å². The van der Waals surface area contributed by atoms with Gasteiger partial charge in [0.2, 0.25) is 0 Å². The fraction of sp³-hybridized carbons (Fsp3) is 0.435. The predicted molar refractivity (Wildman–Crippen MR) is 108 cm³/mol. The third-order valence-corrected chi connectivity index (χ3v) is 5.07. The first-order chi connectivity index (χ1) is 13.2. The molecule has 0 spiro atoms. The second kappa shape index (κ2) is 9.67. The highest BCUT2D eigenvalue weighted by Gasteiger charge is 2.33. The summed E-state index contributed by atoms with van der Waals surface area (Å²) in [4.78, 5) is 14.8. The van der Waals surface area contributed by atoms with Crippen molar-refractivity contribution in [3.63, 3.8) is 0 Å². The minimum absolute atomic E-state index is 0.214. The van der Waals surface area contributed by atoms with Crippen LogP contribution in [0, 0.1) is 0 Å². The summed E-state index contributed by atoms with van der Waals surface area (Å²) >= 11 is 0. The summed E-state index contributed by atoms with van der Waals surface area (Å²) in [6.07, 6.45) is 2.72. The first kappa shape index (κ1) is 19.6. The Bertz CT molecular complexity index is 659. The molecule has 2 aromatic rings. The van der Waals surface area contributed by atoms with E-state index in [9.17, 15) is 9.90 Å². The van der Waals surface area contributed by atoms with E-state index in [0.29, 0.717) is 13.1 Å². The molecule has 3 rings (SSSR count). The van der Waals surface area contributed by atoms with E-state index in [1.807, 2.05) is 36.4 Å². The fourth-order valence-electron chi connectivity index (χ4n) is 3.45. The van der Waals surface area contributed by atoms with Crippen LogP contribution in [-0.4, -0.2) is 34.1 Å². The smallest absolute Gasteiger partial charge is 0.250 e. The number of nitrogens with one attached hydrogen (secondary N) is 1. The molecule has 1 fully saturated rings. The van der Waals surface area contributed by atoms with Gasteiger partial charge in [-0.3, -0.25) is 9.69 Å². The molecule has 4 nitrogen and oxygen atoms in total. The monoisotopic (exact) mass is 366 g/mol. The molecule has 1 saturated carbocycles. The van der Waals surface area contributed by atoms with E-state index in [2.05, 4.69) is 41.4 Å². The molecule has 2 atom stereocenters. The van der Waals surface area contributed by atoms with E-state index >= 15 is 0 Å². The first-order valence-electron chi connectivity index (χ1n) is 9.97. The Morgan fingerprint density at radius 2 is 1.56 bits per heavy atom. The molecular formula is C23H30N2O2. The van der Waals surface area contributed by atoms with Crippen molar-refractivity contribution in [3.8, 4) is 0 Å². The van der Waals surface area contributed by atoms with Crippen LogP contribution in [0.3, 0.4) is 0 Å². The topological polar surface area (TPSA) is 52.6 Å². The summed E-state index contributed by atoms with van der Waals surface area (Å²) in [5.74, 6) is -0.234. The zero-order valence-corrected chi connectivity index (χ0v) is 16.1.